The number of aryl methyl sites for hydroxylation is 1. The SMILES string of the molecule is Cc1nn(-c2ccccc2)c(C)c1C=NNC(=O)c1cc(-c2ccc(Cl)s2)[nH]n1. The van der Waals surface area contributed by atoms with E-state index in [9.17, 15) is 4.79 Å². The first-order valence-corrected chi connectivity index (χ1v) is 9.98. The van der Waals surface area contributed by atoms with Crippen molar-refractivity contribution in [1.29, 1.82) is 0 Å². The molecule has 3 heterocycles. The van der Waals surface area contributed by atoms with Crippen LogP contribution in [0.2, 0.25) is 4.34 Å². The van der Waals surface area contributed by atoms with Crippen LogP contribution in [0.15, 0.2) is 53.6 Å². The molecule has 0 saturated heterocycles. The Hall–Kier alpha value is -3.23. The Morgan fingerprint density at radius 3 is 2.76 bits per heavy atom. The van der Waals surface area contributed by atoms with E-state index in [2.05, 4.69) is 25.8 Å². The molecule has 0 bridgehead atoms. The Labute approximate surface area is 176 Å². The molecule has 1 amide bonds. The number of carbonyl (C=O) groups is 1. The van der Waals surface area contributed by atoms with E-state index in [1.54, 1.807) is 18.3 Å². The lowest BCUT2D eigenvalue weighted by atomic mass is 10.2. The number of nitrogens with zero attached hydrogens (tertiary/aromatic N) is 4. The van der Waals surface area contributed by atoms with E-state index < -0.39 is 5.91 Å². The number of hydrazone groups is 1. The second kappa shape index (κ2) is 8.02. The van der Waals surface area contributed by atoms with Crippen LogP contribution in [0.25, 0.3) is 16.3 Å². The van der Waals surface area contributed by atoms with Gasteiger partial charge in [-0.3, -0.25) is 9.89 Å². The number of nitrogens with one attached hydrogen (secondary N) is 2. The van der Waals surface area contributed by atoms with Gasteiger partial charge in [-0.25, -0.2) is 10.1 Å². The molecule has 0 radical (unpaired) electrons. The summed E-state index contributed by atoms with van der Waals surface area (Å²) in [5.41, 5.74) is 7.06. The molecule has 4 rings (SSSR count). The highest BCUT2D eigenvalue weighted by Gasteiger charge is 2.13. The number of hydrogen-bond donors (Lipinski definition) is 2. The third-order valence-corrected chi connectivity index (χ3v) is 5.62. The van der Waals surface area contributed by atoms with Crippen LogP contribution < -0.4 is 5.43 Å². The summed E-state index contributed by atoms with van der Waals surface area (Å²) < 4.78 is 2.52. The van der Waals surface area contributed by atoms with Crippen LogP contribution in [-0.2, 0) is 0 Å². The Balaban J connectivity index is 1.47. The summed E-state index contributed by atoms with van der Waals surface area (Å²) in [5.74, 6) is -0.405. The van der Waals surface area contributed by atoms with Crippen molar-refractivity contribution in [2.75, 3.05) is 0 Å². The van der Waals surface area contributed by atoms with Crippen LogP contribution in [0.3, 0.4) is 0 Å². The van der Waals surface area contributed by atoms with Gasteiger partial charge in [0.25, 0.3) is 5.91 Å². The van der Waals surface area contributed by atoms with Crippen molar-refractivity contribution in [2.45, 2.75) is 13.8 Å². The van der Waals surface area contributed by atoms with Gasteiger partial charge in [-0.1, -0.05) is 29.8 Å². The minimum Gasteiger partial charge on any atom is -0.276 e. The molecule has 146 valence electrons. The molecule has 0 unspecified atom stereocenters. The summed E-state index contributed by atoms with van der Waals surface area (Å²) in [7, 11) is 0. The van der Waals surface area contributed by atoms with Crippen molar-refractivity contribution in [3.05, 3.63) is 75.5 Å². The highest BCUT2D eigenvalue weighted by atomic mass is 35.5. The number of thiophene rings is 1. The predicted molar refractivity (Wildman–Crippen MR) is 115 cm³/mol. The lowest BCUT2D eigenvalue weighted by Crippen LogP contribution is -2.18. The Kier molecular flexibility index (Phi) is 5.28. The molecule has 9 heteroatoms. The summed E-state index contributed by atoms with van der Waals surface area (Å²) in [4.78, 5) is 13.2. The zero-order valence-electron chi connectivity index (χ0n) is 15.7. The monoisotopic (exact) mass is 424 g/mol. The minimum atomic E-state index is -0.405. The van der Waals surface area contributed by atoms with Crippen LogP contribution in [-0.4, -0.2) is 32.1 Å². The number of aromatic nitrogens is 4. The molecule has 0 aliphatic rings. The first kappa shape index (κ1) is 19.1. The second-order valence-electron chi connectivity index (χ2n) is 6.30. The van der Waals surface area contributed by atoms with Crippen LogP contribution in [0, 0.1) is 13.8 Å². The molecular weight excluding hydrogens is 408 g/mol. The fourth-order valence-corrected chi connectivity index (χ4v) is 3.91. The van der Waals surface area contributed by atoms with E-state index in [0.29, 0.717) is 4.34 Å². The van der Waals surface area contributed by atoms with Crippen molar-refractivity contribution in [3.63, 3.8) is 0 Å². The molecule has 7 nitrogen and oxygen atoms in total. The molecule has 4 aromatic rings. The predicted octanol–water partition coefficient (Wildman–Crippen LogP) is 4.36. The molecule has 29 heavy (non-hydrogen) atoms. The number of aromatic amines is 1. The highest BCUT2D eigenvalue weighted by molar-refractivity contribution is 7.19. The molecule has 0 fully saturated rings. The van der Waals surface area contributed by atoms with Crippen molar-refractivity contribution in [2.24, 2.45) is 5.10 Å². The van der Waals surface area contributed by atoms with Crippen LogP contribution in [0.4, 0.5) is 0 Å². The van der Waals surface area contributed by atoms with Gasteiger partial charge in [0.15, 0.2) is 5.69 Å². The van der Waals surface area contributed by atoms with Gasteiger partial charge in [0.05, 0.1) is 38.2 Å². The first-order chi connectivity index (χ1) is 14.0. The van der Waals surface area contributed by atoms with Crippen molar-refractivity contribution in [1.82, 2.24) is 25.4 Å². The Morgan fingerprint density at radius 2 is 2.03 bits per heavy atom. The van der Waals surface area contributed by atoms with Gasteiger partial charge in [0.2, 0.25) is 0 Å². The molecule has 0 atom stereocenters. The van der Waals surface area contributed by atoms with Crippen LogP contribution in [0.1, 0.15) is 27.4 Å². The van der Waals surface area contributed by atoms with Crippen LogP contribution in [0.5, 0.6) is 0 Å². The quantitative estimate of drug-likeness (QED) is 0.368. The van der Waals surface area contributed by atoms with E-state index >= 15 is 0 Å². The number of H-pyrrole nitrogens is 1. The second-order valence-corrected chi connectivity index (χ2v) is 8.02. The van der Waals surface area contributed by atoms with E-state index in [1.165, 1.54) is 11.3 Å². The van der Waals surface area contributed by atoms with Crippen molar-refractivity contribution in [3.8, 4) is 16.3 Å². The molecule has 0 spiro atoms. The van der Waals surface area contributed by atoms with Gasteiger partial charge in [0.1, 0.15) is 0 Å². The van der Waals surface area contributed by atoms with Gasteiger partial charge < -0.3 is 0 Å². The first-order valence-electron chi connectivity index (χ1n) is 8.79. The van der Waals surface area contributed by atoms with Gasteiger partial charge in [0, 0.05) is 5.56 Å². The Morgan fingerprint density at radius 1 is 1.24 bits per heavy atom. The maximum atomic E-state index is 12.3. The van der Waals surface area contributed by atoms with E-state index in [-0.39, 0.29) is 5.69 Å². The van der Waals surface area contributed by atoms with Gasteiger partial charge >= 0.3 is 0 Å². The molecule has 0 aliphatic carbocycles. The number of benzene rings is 1. The molecule has 0 saturated carbocycles. The van der Waals surface area contributed by atoms with Gasteiger partial charge in [-0.15, -0.1) is 11.3 Å². The van der Waals surface area contributed by atoms with E-state index in [0.717, 1.165) is 33.2 Å². The smallest absolute Gasteiger partial charge is 0.276 e. The lowest BCUT2D eigenvalue weighted by Gasteiger charge is -2.03. The topological polar surface area (TPSA) is 88.0 Å². The van der Waals surface area contributed by atoms with Gasteiger partial charge in [-0.05, 0) is 44.2 Å². The number of halogens is 1. The largest absolute Gasteiger partial charge is 0.291 e. The maximum Gasteiger partial charge on any atom is 0.291 e. The Bertz CT molecular complexity index is 1190. The third kappa shape index (κ3) is 3.98. The average Bonchev–Trinajstić information content (AvgIpc) is 3.43. The summed E-state index contributed by atoms with van der Waals surface area (Å²) >= 11 is 7.36. The molecule has 1 aromatic carbocycles. The van der Waals surface area contributed by atoms with E-state index in [1.807, 2.05) is 54.9 Å². The number of para-hydroxylation sites is 1. The van der Waals surface area contributed by atoms with Crippen molar-refractivity contribution < 1.29 is 4.79 Å². The normalized spacial score (nSPS) is 11.3. The number of carbonyl (C=O) groups excluding carboxylic acids is 1. The van der Waals surface area contributed by atoms with Crippen molar-refractivity contribution >= 4 is 35.1 Å². The number of amides is 1. The van der Waals surface area contributed by atoms with Crippen LogP contribution >= 0.6 is 22.9 Å². The number of hydrogen-bond acceptors (Lipinski definition) is 5. The minimum absolute atomic E-state index is 0.245. The molecule has 0 aliphatic heterocycles. The summed E-state index contributed by atoms with van der Waals surface area (Å²) in [6, 6.07) is 15.2. The molecule has 2 N–H and O–H groups in total. The third-order valence-electron chi connectivity index (χ3n) is 4.36. The van der Waals surface area contributed by atoms with E-state index in [4.69, 9.17) is 11.6 Å². The number of rotatable bonds is 5. The average molecular weight is 425 g/mol. The zero-order valence-corrected chi connectivity index (χ0v) is 17.3. The summed E-state index contributed by atoms with van der Waals surface area (Å²) in [6.45, 7) is 3.87. The fraction of sp³-hybridized carbons (Fsp3) is 0.100. The lowest BCUT2D eigenvalue weighted by molar-refractivity contribution is 0.0950. The summed E-state index contributed by atoms with van der Waals surface area (Å²) in [6.07, 6.45) is 1.60. The zero-order chi connectivity index (χ0) is 20.4. The maximum absolute atomic E-state index is 12.3. The fourth-order valence-electron chi connectivity index (χ4n) is 2.90. The standard InChI is InChI=1S/C20H17ClN6OS/c1-12-15(13(2)27(26-12)14-6-4-3-5-7-14)11-22-25-20(28)17-10-16(23-24-17)18-8-9-19(21)29-18/h3-11H,1-2H3,(H,23,24)(H,25,28). The van der Waals surface area contributed by atoms with Gasteiger partial charge in [-0.2, -0.15) is 15.3 Å². The summed E-state index contributed by atoms with van der Waals surface area (Å²) in [5, 5.41) is 15.5. The highest BCUT2D eigenvalue weighted by Crippen LogP contribution is 2.29. The molecular formula is C20H17ClN6OS. The molecule has 3 aromatic heterocycles.